The summed E-state index contributed by atoms with van der Waals surface area (Å²) in [4.78, 5) is 50.1. The van der Waals surface area contributed by atoms with Gasteiger partial charge in [0.15, 0.2) is 5.78 Å². The summed E-state index contributed by atoms with van der Waals surface area (Å²) >= 11 is 0. The van der Waals surface area contributed by atoms with Gasteiger partial charge in [0, 0.05) is 5.92 Å². The first kappa shape index (κ1) is 25.8. The summed E-state index contributed by atoms with van der Waals surface area (Å²) in [6, 6.07) is 0. The van der Waals surface area contributed by atoms with Gasteiger partial charge in [-0.05, 0) is 18.3 Å². The van der Waals surface area contributed by atoms with E-state index in [2.05, 4.69) is 11.7 Å². The second-order valence-electron chi connectivity index (χ2n) is 8.42. The summed E-state index contributed by atoms with van der Waals surface area (Å²) in [5.41, 5.74) is -2.34. The smallest absolute Gasteiger partial charge is 0.320 e. The zero-order chi connectivity index (χ0) is 23.1. The largest absolute Gasteiger partial charge is 0.469 e. The van der Waals surface area contributed by atoms with Crippen molar-refractivity contribution in [2.45, 2.75) is 59.0 Å². The molecule has 1 aliphatic carbocycles. The Bertz CT molecular complexity index is 681. The third kappa shape index (κ3) is 5.28. The number of rotatable bonds is 10. The van der Waals surface area contributed by atoms with Gasteiger partial charge >= 0.3 is 17.9 Å². The Balaban J connectivity index is 3.37. The van der Waals surface area contributed by atoms with E-state index in [1.165, 1.54) is 6.08 Å². The van der Waals surface area contributed by atoms with E-state index >= 15 is 0 Å². The lowest BCUT2D eigenvalue weighted by Gasteiger charge is -2.31. The van der Waals surface area contributed by atoms with E-state index in [0.29, 0.717) is 0 Å². The highest BCUT2D eigenvalue weighted by Gasteiger charge is 2.62. The Morgan fingerprint density at radius 1 is 1.20 bits per heavy atom. The van der Waals surface area contributed by atoms with Crippen LogP contribution in [0.25, 0.3) is 0 Å². The van der Waals surface area contributed by atoms with Crippen LogP contribution in [0.2, 0.25) is 0 Å². The number of ketones is 1. The molecule has 0 heterocycles. The number of methoxy groups -OCH3 is 3. The first-order valence-corrected chi connectivity index (χ1v) is 10.2. The molecule has 0 aromatic carbocycles. The molecule has 0 spiro atoms. The SMILES string of the molecule is CCCCC(C)(C)C(O)C=CC1CC(C(=O)OC)C(=O)C1(CC(=O)OC)C(=O)OC. The van der Waals surface area contributed by atoms with Crippen LogP contribution < -0.4 is 0 Å². The Morgan fingerprint density at radius 3 is 2.33 bits per heavy atom. The molecule has 0 amide bonds. The molecule has 0 radical (unpaired) electrons. The van der Waals surface area contributed by atoms with Crippen LogP contribution in [0.5, 0.6) is 0 Å². The second kappa shape index (κ2) is 10.7. The Labute approximate surface area is 177 Å². The number of unbranched alkanes of at least 4 members (excludes halogenated alkanes) is 1. The van der Waals surface area contributed by atoms with Crippen molar-refractivity contribution in [3.05, 3.63) is 12.2 Å². The molecule has 1 fully saturated rings. The predicted octanol–water partition coefficient (Wildman–Crippen LogP) is 2.22. The van der Waals surface area contributed by atoms with E-state index < -0.39 is 58.9 Å². The number of allylic oxidation sites excluding steroid dienone is 1. The first-order valence-electron chi connectivity index (χ1n) is 10.2. The number of Topliss-reactive ketones (excluding diaryl/α,β-unsaturated/α-hetero) is 1. The lowest BCUT2D eigenvalue weighted by atomic mass is 9.73. The Kier molecular flexibility index (Phi) is 9.21. The van der Waals surface area contributed by atoms with Gasteiger partial charge in [-0.2, -0.15) is 0 Å². The standard InChI is InChI=1S/C22H34O8/c1-7-8-11-21(2,3)16(23)10-9-14-12-15(19(26)29-5)18(25)22(14,20(27)30-6)13-17(24)28-4/h9-10,14-16,23H,7-8,11-13H2,1-6H3. The van der Waals surface area contributed by atoms with E-state index in [1.807, 2.05) is 13.8 Å². The number of aliphatic hydroxyl groups is 1. The molecule has 0 bridgehead atoms. The van der Waals surface area contributed by atoms with Crippen LogP contribution in [0.4, 0.5) is 0 Å². The molecule has 4 atom stereocenters. The van der Waals surface area contributed by atoms with Crippen molar-refractivity contribution in [3.63, 3.8) is 0 Å². The molecule has 30 heavy (non-hydrogen) atoms. The van der Waals surface area contributed by atoms with Crippen LogP contribution in [0, 0.1) is 22.7 Å². The molecule has 0 saturated heterocycles. The number of hydrogen-bond donors (Lipinski definition) is 1. The topological polar surface area (TPSA) is 116 Å². The summed E-state index contributed by atoms with van der Waals surface area (Å²) in [6.07, 6.45) is 4.35. The van der Waals surface area contributed by atoms with Gasteiger partial charge in [-0.25, -0.2) is 0 Å². The summed E-state index contributed by atoms with van der Waals surface area (Å²) in [6.45, 7) is 5.92. The van der Waals surface area contributed by atoms with Crippen LogP contribution in [0.3, 0.4) is 0 Å². The summed E-state index contributed by atoms with van der Waals surface area (Å²) in [5.74, 6) is -5.25. The zero-order valence-corrected chi connectivity index (χ0v) is 18.7. The van der Waals surface area contributed by atoms with E-state index in [9.17, 15) is 24.3 Å². The van der Waals surface area contributed by atoms with Crippen LogP contribution in [0.1, 0.15) is 52.9 Å². The normalized spacial score (nSPS) is 25.2. The molecular formula is C22H34O8. The quantitative estimate of drug-likeness (QED) is 0.245. The van der Waals surface area contributed by atoms with E-state index in [0.717, 1.165) is 40.6 Å². The monoisotopic (exact) mass is 426 g/mol. The fourth-order valence-corrected chi connectivity index (χ4v) is 3.95. The maximum atomic E-state index is 13.2. The third-order valence-electron chi connectivity index (χ3n) is 6.07. The minimum absolute atomic E-state index is 0.0315. The van der Waals surface area contributed by atoms with Gasteiger partial charge in [0.2, 0.25) is 0 Å². The van der Waals surface area contributed by atoms with Crippen molar-refractivity contribution in [2.24, 2.45) is 22.7 Å². The highest BCUT2D eigenvalue weighted by molar-refractivity contribution is 6.15. The van der Waals surface area contributed by atoms with Crippen molar-refractivity contribution in [1.82, 2.24) is 0 Å². The molecular weight excluding hydrogens is 392 g/mol. The minimum atomic E-state index is -1.91. The molecule has 170 valence electrons. The second-order valence-corrected chi connectivity index (χ2v) is 8.42. The number of carbonyl (C=O) groups is 4. The van der Waals surface area contributed by atoms with E-state index in [1.54, 1.807) is 6.08 Å². The fraction of sp³-hybridized carbons (Fsp3) is 0.727. The van der Waals surface area contributed by atoms with Crippen molar-refractivity contribution < 1.29 is 38.5 Å². The Hall–Kier alpha value is -2.22. The average Bonchev–Trinajstić information content (AvgIpc) is 3.01. The molecule has 8 heteroatoms. The number of hydrogen-bond acceptors (Lipinski definition) is 8. The van der Waals surface area contributed by atoms with Crippen molar-refractivity contribution >= 4 is 23.7 Å². The van der Waals surface area contributed by atoms with Crippen LogP contribution in [-0.4, -0.2) is 56.2 Å². The molecule has 1 aliphatic rings. The van der Waals surface area contributed by atoms with Gasteiger partial charge in [0.1, 0.15) is 11.3 Å². The molecule has 0 aromatic rings. The highest BCUT2D eigenvalue weighted by Crippen LogP contribution is 2.49. The van der Waals surface area contributed by atoms with Crippen LogP contribution in [-0.2, 0) is 33.4 Å². The van der Waals surface area contributed by atoms with Gasteiger partial charge in [-0.1, -0.05) is 45.8 Å². The third-order valence-corrected chi connectivity index (χ3v) is 6.07. The average molecular weight is 427 g/mol. The van der Waals surface area contributed by atoms with Gasteiger partial charge in [0.05, 0.1) is 33.9 Å². The maximum absolute atomic E-state index is 13.2. The van der Waals surface area contributed by atoms with Crippen molar-refractivity contribution in [3.8, 4) is 0 Å². The Morgan fingerprint density at radius 2 is 1.83 bits per heavy atom. The summed E-state index contributed by atoms with van der Waals surface area (Å²) in [7, 11) is 3.41. The summed E-state index contributed by atoms with van der Waals surface area (Å²) < 4.78 is 14.3. The summed E-state index contributed by atoms with van der Waals surface area (Å²) in [5, 5.41) is 10.7. The maximum Gasteiger partial charge on any atom is 0.320 e. The highest BCUT2D eigenvalue weighted by atomic mass is 16.5. The van der Waals surface area contributed by atoms with Gasteiger partial charge in [0.25, 0.3) is 0 Å². The molecule has 8 nitrogen and oxygen atoms in total. The molecule has 1 N–H and O–H groups in total. The van der Waals surface area contributed by atoms with E-state index in [4.69, 9.17) is 9.47 Å². The molecule has 1 saturated carbocycles. The predicted molar refractivity (Wildman–Crippen MR) is 108 cm³/mol. The van der Waals surface area contributed by atoms with Gasteiger partial charge in [-0.15, -0.1) is 0 Å². The van der Waals surface area contributed by atoms with E-state index in [-0.39, 0.29) is 6.42 Å². The number of esters is 3. The van der Waals surface area contributed by atoms with Crippen molar-refractivity contribution in [1.29, 1.82) is 0 Å². The van der Waals surface area contributed by atoms with Crippen molar-refractivity contribution in [2.75, 3.05) is 21.3 Å². The number of ether oxygens (including phenoxy) is 3. The molecule has 0 aromatic heterocycles. The molecule has 4 unspecified atom stereocenters. The lowest BCUT2D eigenvalue weighted by Crippen LogP contribution is -2.45. The van der Waals surface area contributed by atoms with Crippen LogP contribution >= 0.6 is 0 Å². The number of carbonyl (C=O) groups excluding carboxylic acids is 4. The minimum Gasteiger partial charge on any atom is -0.469 e. The molecule has 1 rings (SSSR count). The van der Waals surface area contributed by atoms with Crippen LogP contribution in [0.15, 0.2) is 12.2 Å². The van der Waals surface area contributed by atoms with Gasteiger partial charge < -0.3 is 19.3 Å². The van der Waals surface area contributed by atoms with Gasteiger partial charge in [-0.3, -0.25) is 19.2 Å². The zero-order valence-electron chi connectivity index (χ0n) is 18.7. The first-order chi connectivity index (χ1) is 14.0. The molecule has 0 aliphatic heterocycles. The number of aliphatic hydroxyl groups excluding tert-OH is 1. The lowest BCUT2D eigenvalue weighted by molar-refractivity contribution is -0.166. The fourth-order valence-electron chi connectivity index (χ4n) is 3.95.